The monoisotopic (exact) mass is 299 g/mol. The zero-order chi connectivity index (χ0) is 15.3. The fourth-order valence-corrected chi connectivity index (χ4v) is 3.55. The van der Waals surface area contributed by atoms with Gasteiger partial charge in [0.1, 0.15) is 6.04 Å². The number of hydrogen-bond donors (Lipinski definition) is 2. The third-order valence-corrected chi connectivity index (χ3v) is 4.73. The van der Waals surface area contributed by atoms with Crippen molar-refractivity contribution >= 4 is 17.7 Å². The number of fused-ring (bicyclic) bond motifs is 2. The van der Waals surface area contributed by atoms with Gasteiger partial charge in [-0.1, -0.05) is 6.07 Å². The highest BCUT2D eigenvalue weighted by atomic mass is 16.2. The van der Waals surface area contributed by atoms with Gasteiger partial charge < -0.3 is 10.2 Å². The van der Waals surface area contributed by atoms with Crippen LogP contribution in [0.15, 0.2) is 12.1 Å². The van der Waals surface area contributed by atoms with E-state index >= 15 is 0 Å². The van der Waals surface area contributed by atoms with E-state index in [1.807, 2.05) is 6.07 Å². The third kappa shape index (κ3) is 2.02. The van der Waals surface area contributed by atoms with E-state index in [2.05, 4.69) is 16.7 Å². The minimum absolute atomic E-state index is 0.0992. The summed E-state index contributed by atoms with van der Waals surface area (Å²) in [6.07, 6.45) is 1.66. The van der Waals surface area contributed by atoms with Gasteiger partial charge in [0.05, 0.1) is 0 Å². The predicted molar refractivity (Wildman–Crippen MR) is 77.9 cm³/mol. The van der Waals surface area contributed by atoms with Gasteiger partial charge in [0, 0.05) is 25.1 Å². The van der Waals surface area contributed by atoms with Crippen molar-refractivity contribution < 1.29 is 14.4 Å². The minimum atomic E-state index is -0.534. The summed E-state index contributed by atoms with van der Waals surface area (Å²) in [5, 5.41) is 5.63. The summed E-state index contributed by atoms with van der Waals surface area (Å²) < 4.78 is 0. The topological polar surface area (TPSA) is 78.5 Å². The van der Waals surface area contributed by atoms with Gasteiger partial charge in [-0.25, -0.2) is 0 Å². The fourth-order valence-electron chi connectivity index (χ4n) is 3.55. The van der Waals surface area contributed by atoms with Crippen LogP contribution in [0.2, 0.25) is 0 Å². The van der Waals surface area contributed by atoms with Gasteiger partial charge in [0.2, 0.25) is 11.8 Å². The average molecular weight is 299 g/mol. The molecule has 0 spiro atoms. The maximum Gasteiger partial charge on any atom is 0.255 e. The largest absolute Gasteiger partial charge is 0.322 e. The molecule has 22 heavy (non-hydrogen) atoms. The van der Waals surface area contributed by atoms with Crippen LogP contribution >= 0.6 is 0 Å². The number of carbonyl (C=O) groups is 3. The normalized spacial score (nSPS) is 24.1. The molecule has 3 aliphatic rings. The van der Waals surface area contributed by atoms with Crippen molar-refractivity contribution in [3.05, 3.63) is 34.4 Å². The van der Waals surface area contributed by atoms with Crippen molar-refractivity contribution in [2.45, 2.75) is 38.4 Å². The van der Waals surface area contributed by atoms with E-state index < -0.39 is 6.04 Å². The van der Waals surface area contributed by atoms with Gasteiger partial charge in [-0.15, -0.1) is 0 Å². The highest BCUT2D eigenvalue weighted by Gasteiger charge is 2.39. The van der Waals surface area contributed by atoms with Gasteiger partial charge in [-0.2, -0.15) is 0 Å². The summed E-state index contributed by atoms with van der Waals surface area (Å²) in [6.45, 7) is 2.20. The molecule has 1 atom stereocenters. The average Bonchev–Trinajstić information content (AvgIpc) is 2.82. The van der Waals surface area contributed by atoms with Crippen LogP contribution in [-0.2, 0) is 29.1 Å². The molecule has 0 bridgehead atoms. The lowest BCUT2D eigenvalue weighted by Gasteiger charge is -2.29. The summed E-state index contributed by atoms with van der Waals surface area (Å²) in [6, 6.07) is 3.54. The highest BCUT2D eigenvalue weighted by Crippen LogP contribution is 2.30. The Balaban J connectivity index is 1.64. The van der Waals surface area contributed by atoms with E-state index in [-0.39, 0.29) is 24.1 Å². The number of carbonyl (C=O) groups excluding carboxylic acids is 3. The SMILES string of the molecule is O=C1CC[C@H](N2Cc3cc4c(cc3C2=O)CNCC4)C(=O)N1. The molecular formula is C16H17N3O3. The standard InChI is InChI=1S/C16H17N3O3/c20-14-2-1-13(15(21)18-14)19-8-11-5-9-3-4-17-7-10(9)6-12(11)16(19)22/h5-6,13,17H,1-4,7-8H2,(H,18,20,21)/t13-/m0/s1. The molecular weight excluding hydrogens is 282 g/mol. The molecule has 1 aromatic carbocycles. The molecule has 3 amide bonds. The molecule has 0 aromatic heterocycles. The van der Waals surface area contributed by atoms with Crippen molar-refractivity contribution in [1.82, 2.24) is 15.5 Å². The Morgan fingerprint density at radius 3 is 2.73 bits per heavy atom. The molecule has 0 saturated carbocycles. The highest BCUT2D eigenvalue weighted by molar-refractivity contribution is 6.05. The second-order valence-corrected chi connectivity index (χ2v) is 6.10. The van der Waals surface area contributed by atoms with Crippen LogP contribution in [0.1, 0.15) is 39.9 Å². The number of amides is 3. The van der Waals surface area contributed by atoms with E-state index in [4.69, 9.17) is 0 Å². The van der Waals surface area contributed by atoms with Crippen LogP contribution in [0, 0.1) is 0 Å². The van der Waals surface area contributed by atoms with Crippen molar-refractivity contribution in [1.29, 1.82) is 0 Å². The Kier molecular flexibility index (Phi) is 3.00. The molecule has 3 heterocycles. The van der Waals surface area contributed by atoms with Crippen molar-refractivity contribution in [3.63, 3.8) is 0 Å². The summed E-state index contributed by atoms with van der Waals surface area (Å²) >= 11 is 0. The number of imide groups is 1. The molecule has 4 rings (SSSR count). The van der Waals surface area contributed by atoms with E-state index in [9.17, 15) is 14.4 Å². The third-order valence-electron chi connectivity index (χ3n) is 4.73. The van der Waals surface area contributed by atoms with Crippen LogP contribution in [0.3, 0.4) is 0 Å². The molecule has 6 heteroatoms. The number of piperidine rings is 1. The maximum absolute atomic E-state index is 12.6. The van der Waals surface area contributed by atoms with E-state index in [0.717, 1.165) is 25.1 Å². The van der Waals surface area contributed by atoms with Gasteiger partial charge in [-0.05, 0) is 42.1 Å². The second-order valence-electron chi connectivity index (χ2n) is 6.10. The van der Waals surface area contributed by atoms with Crippen molar-refractivity contribution in [2.24, 2.45) is 0 Å². The Hall–Kier alpha value is -2.21. The first-order valence-electron chi connectivity index (χ1n) is 7.63. The van der Waals surface area contributed by atoms with Crippen LogP contribution < -0.4 is 10.6 Å². The number of nitrogens with zero attached hydrogens (tertiary/aromatic N) is 1. The fraction of sp³-hybridized carbons (Fsp3) is 0.438. The molecule has 114 valence electrons. The zero-order valence-corrected chi connectivity index (χ0v) is 12.1. The quantitative estimate of drug-likeness (QED) is 0.721. The van der Waals surface area contributed by atoms with Crippen LogP contribution in [0.5, 0.6) is 0 Å². The van der Waals surface area contributed by atoms with E-state index in [0.29, 0.717) is 18.5 Å². The van der Waals surface area contributed by atoms with Gasteiger partial charge in [0.15, 0.2) is 0 Å². The minimum Gasteiger partial charge on any atom is -0.322 e. The summed E-state index contributed by atoms with van der Waals surface area (Å²) in [4.78, 5) is 37.5. The van der Waals surface area contributed by atoms with Crippen LogP contribution in [0.25, 0.3) is 0 Å². The first-order chi connectivity index (χ1) is 10.6. The zero-order valence-electron chi connectivity index (χ0n) is 12.1. The smallest absolute Gasteiger partial charge is 0.255 e. The number of benzene rings is 1. The van der Waals surface area contributed by atoms with E-state index in [1.165, 1.54) is 11.1 Å². The van der Waals surface area contributed by atoms with Crippen LogP contribution in [-0.4, -0.2) is 35.2 Å². The lowest BCUT2D eigenvalue weighted by Crippen LogP contribution is -2.52. The first kappa shape index (κ1) is 13.5. The Bertz CT molecular complexity index is 698. The molecule has 1 saturated heterocycles. The van der Waals surface area contributed by atoms with Gasteiger partial charge >= 0.3 is 0 Å². The molecule has 6 nitrogen and oxygen atoms in total. The van der Waals surface area contributed by atoms with E-state index in [1.54, 1.807) is 4.90 Å². The predicted octanol–water partition coefficient (Wildman–Crippen LogP) is 0.0933. The molecule has 1 aromatic rings. The van der Waals surface area contributed by atoms with Crippen molar-refractivity contribution in [3.8, 4) is 0 Å². The van der Waals surface area contributed by atoms with Crippen molar-refractivity contribution in [2.75, 3.05) is 6.54 Å². The molecule has 0 radical (unpaired) electrons. The lowest BCUT2D eigenvalue weighted by molar-refractivity contribution is -0.136. The summed E-state index contributed by atoms with van der Waals surface area (Å²) in [5.74, 6) is -0.714. The molecule has 3 aliphatic heterocycles. The number of rotatable bonds is 1. The Morgan fingerprint density at radius 2 is 1.91 bits per heavy atom. The molecule has 2 N–H and O–H groups in total. The van der Waals surface area contributed by atoms with Gasteiger partial charge in [-0.3, -0.25) is 19.7 Å². The maximum atomic E-state index is 12.6. The summed E-state index contributed by atoms with van der Waals surface area (Å²) in [7, 11) is 0. The lowest BCUT2D eigenvalue weighted by atomic mass is 9.95. The Labute approximate surface area is 127 Å². The first-order valence-corrected chi connectivity index (χ1v) is 7.63. The second kappa shape index (κ2) is 4.91. The molecule has 0 unspecified atom stereocenters. The molecule has 0 aliphatic carbocycles. The number of hydrogen-bond acceptors (Lipinski definition) is 4. The molecule has 1 fully saturated rings. The van der Waals surface area contributed by atoms with Gasteiger partial charge in [0.25, 0.3) is 5.91 Å². The van der Waals surface area contributed by atoms with Crippen LogP contribution in [0.4, 0.5) is 0 Å². The number of nitrogens with one attached hydrogen (secondary N) is 2. The Morgan fingerprint density at radius 1 is 1.05 bits per heavy atom. The summed E-state index contributed by atoms with van der Waals surface area (Å²) in [5.41, 5.74) is 4.15.